The zero-order valence-electron chi connectivity index (χ0n) is 16.1. The van der Waals surface area contributed by atoms with Crippen LogP contribution in [0.1, 0.15) is 5.56 Å². The molecule has 0 saturated carbocycles. The number of H-pyrrole nitrogens is 1. The van der Waals surface area contributed by atoms with Crippen molar-refractivity contribution >= 4 is 48.8 Å². The summed E-state index contributed by atoms with van der Waals surface area (Å²) in [5.74, 6) is 0.000229. The number of aromatic nitrogens is 2. The molecular formula is C21H22N4O2S2. The molecule has 3 aromatic heterocycles. The summed E-state index contributed by atoms with van der Waals surface area (Å²) in [6.07, 6.45) is 1.84. The van der Waals surface area contributed by atoms with Gasteiger partial charge in [0.15, 0.2) is 9.84 Å². The first kappa shape index (κ1) is 18.6. The number of piperazine rings is 1. The van der Waals surface area contributed by atoms with Gasteiger partial charge < -0.3 is 14.8 Å². The van der Waals surface area contributed by atoms with Gasteiger partial charge in [-0.3, -0.25) is 0 Å². The minimum atomic E-state index is -3.33. The zero-order valence-corrected chi connectivity index (χ0v) is 17.8. The Labute approximate surface area is 173 Å². The summed E-state index contributed by atoms with van der Waals surface area (Å²) in [5, 5.41) is 3.90. The number of hydrogen-bond donors (Lipinski definition) is 1. The first-order valence-electron chi connectivity index (χ1n) is 9.60. The van der Waals surface area contributed by atoms with Gasteiger partial charge in [-0.2, -0.15) is 0 Å². The van der Waals surface area contributed by atoms with E-state index in [1.807, 2.05) is 24.4 Å². The second kappa shape index (κ2) is 7.12. The van der Waals surface area contributed by atoms with Gasteiger partial charge in [0, 0.05) is 48.7 Å². The first-order chi connectivity index (χ1) is 14.0. The fourth-order valence-electron chi connectivity index (χ4n) is 3.98. The van der Waals surface area contributed by atoms with Gasteiger partial charge >= 0.3 is 0 Å². The number of anilines is 1. The lowest BCUT2D eigenvalue weighted by Gasteiger charge is -2.34. The van der Waals surface area contributed by atoms with Crippen LogP contribution in [0, 0.1) is 0 Å². The fraction of sp³-hybridized carbons (Fsp3) is 0.286. The molecule has 29 heavy (non-hydrogen) atoms. The molecule has 5 rings (SSSR count). The molecule has 0 unspecified atom stereocenters. The Morgan fingerprint density at radius 3 is 2.72 bits per heavy atom. The average molecular weight is 427 g/mol. The van der Waals surface area contributed by atoms with E-state index >= 15 is 0 Å². The monoisotopic (exact) mass is 426 g/mol. The van der Waals surface area contributed by atoms with Crippen molar-refractivity contribution in [3.63, 3.8) is 0 Å². The molecule has 1 saturated heterocycles. The molecule has 0 atom stereocenters. The van der Waals surface area contributed by atoms with Crippen molar-refractivity contribution in [2.24, 2.45) is 0 Å². The molecule has 0 radical (unpaired) electrons. The van der Waals surface area contributed by atoms with Crippen molar-refractivity contribution in [3.05, 3.63) is 53.5 Å². The third-order valence-corrected chi connectivity index (χ3v) is 8.71. The lowest BCUT2D eigenvalue weighted by Crippen LogP contribution is -2.44. The minimum Gasteiger partial charge on any atom is -0.368 e. The molecule has 0 aliphatic carbocycles. The fourth-order valence-corrected chi connectivity index (χ4v) is 6.40. The molecule has 150 valence electrons. The molecule has 1 aromatic carbocycles. The second-order valence-corrected chi connectivity index (χ2v) is 10.7. The van der Waals surface area contributed by atoms with Crippen LogP contribution < -0.4 is 4.90 Å². The van der Waals surface area contributed by atoms with Crippen LogP contribution >= 0.6 is 11.3 Å². The van der Waals surface area contributed by atoms with Crippen molar-refractivity contribution in [3.8, 4) is 0 Å². The number of nitrogens with zero attached hydrogens (tertiary/aromatic N) is 3. The number of aromatic amines is 1. The number of sulfone groups is 1. The van der Waals surface area contributed by atoms with Gasteiger partial charge in [0.1, 0.15) is 9.86 Å². The summed E-state index contributed by atoms with van der Waals surface area (Å²) in [4.78, 5) is 12.6. The highest BCUT2D eigenvalue weighted by Gasteiger charge is 2.20. The van der Waals surface area contributed by atoms with Crippen molar-refractivity contribution in [1.82, 2.24) is 14.9 Å². The maximum atomic E-state index is 12.7. The number of nitrogens with one attached hydrogen (secondary N) is 1. The summed E-state index contributed by atoms with van der Waals surface area (Å²) in [6.45, 7) is 3.98. The molecule has 1 aliphatic heterocycles. The Bertz CT molecular complexity index is 1270. The summed E-state index contributed by atoms with van der Waals surface area (Å²) in [7, 11) is -1.19. The predicted molar refractivity (Wildman–Crippen MR) is 119 cm³/mol. The number of likely N-dealkylation sites (N-methyl/N-ethyl adjacent to an activating group) is 1. The van der Waals surface area contributed by atoms with Gasteiger partial charge in [0.05, 0.1) is 11.4 Å². The normalized spacial score (nSPS) is 16.1. The van der Waals surface area contributed by atoms with Crippen LogP contribution in [0.3, 0.4) is 0 Å². The van der Waals surface area contributed by atoms with E-state index in [0.29, 0.717) is 4.21 Å². The lowest BCUT2D eigenvalue weighted by atomic mass is 10.1. The number of rotatable bonds is 4. The van der Waals surface area contributed by atoms with Gasteiger partial charge in [-0.15, -0.1) is 11.3 Å². The van der Waals surface area contributed by atoms with E-state index in [-0.39, 0.29) is 5.75 Å². The highest BCUT2D eigenvalue weighted by molar-refractivity contribution is 7.92. The Balaban J connectivity index is 1.59. The van der Waals surface area contributed by atoms with Crippen molar-refractivity contribution < 1.29 is 8.42 Å². The van der Waals surface area contributed by atoms with Crippen LogP contribution in [-0.2, 0) is 15.6 Å². The van der Waals surface area contributed by atoms with Gasteiger partial charge in [-0.1, -0.05) is 12.1 Å². The van der Waals surface area contributed by atoms with Gasteiger partial charge in [0.2, 0.25) is 0 Å². The predicted octanol–water partition coefficient (Wildman–Crippen LogP) is 3.50. The molecule has 4 heterocycles. The van der Waals surface area contributed by atoms with Gasteiger partial charge in [-0.05, 0) is 42.3 Å². The summed E-state index contributed by atoms with van der Waals surface area (Å²) < 4.78 is 25.9. The number of benzene rings is 1. The molecule has 6 nitrogen and oxygen atoms in total. The summed E-state index contributed by atoms with van der Waals surface area (Å²) in [5.41, 5.74) is 3.77. The molecule has 4 aromatic rings. The van der Waals surface area contributed by atoms with Crippen LogP contribution in [0.15, 0.2) is 52.2 Å². The number of pyridine rings is 1. The Morgan fingerprint density at radius 1 is 1.14 bits per heavy atom. The first-order valence-corrected chi connectivity index (χ1v) is 12.1. The third-order valence-electron chi connectivity index (χ3n) is 5.54. The van der Waals surface area contributed by atoms with Crippen LogP contribution in [0.4, 0.5) is 5.69 Å². The van der Waals surface area contributed by atoms with Crippen LogP contribution in [0.2, 0.25) is 0 Å². The smallest absolute Gasteiger partial charge is 0.191 e. The third kappa shape index (κ3) is 3.41. The Hall–Kier alpha value is -2.42. The number of thiophene rings is 1. The SMILES string of the molecule is CN1CCN(c2ccnc3[nH]c4ccc(CS(=O)(=O)c5cccs5)cc4c23)CC1. The largest absolute Gasteiger partial charge is 0.368 e. The van der Waals surface area contributed by atoms with Crippen LogP contribution in [0.25, 0.3) is 21.9 Å². The molecule has 1 N–H and O–H groups in total. The maximum Gasteiger partial charge on any atom is 0.191 e. The van der Waals surface area contributed by atoms with E-state index in [1.54, 1.807) is 17.5 Å². The van der Waals surface area contributed by atoms with Crippen molar-refractivity contribution in [1.29, 1.82) is 0 Å². The second-order valence-electron chi connectivity index (χ2n) is 7.54. The quantitative estimate of drug-likeness (QED) is 0.541. The van der Waals surface area contributed by atoms with Crippen LogP contribution in [-0.4, -0.2) is 56.5 Å². The molecule has 0 spiro atoms. The average Bonchev–Trinajstić information content (AvgIpc) is 3.36. The van der Waals surface area contributed by atoms with Crippen molar-refractivity contribution in [2.45, 2.75) is 9.96 Å². The Kier molecular flexibility index (Phi) is 4.57. The lowest BCUT2D eigenvalue weighted by molar-refractivity contribution is 0.313. The molecule has 8 heteroatoms. The topological polar surface area (TPSA) is 69.3 Å². The van der Waals surface area contributed by atoms with E-state index in [2.05, 4.69) is 32.9 Å². The molecule has 1 aliphatic rings. The van der Waals surface area contributed by atoms with E-state index in [9.17, 15) is 8.42 Å². The zero-order chi connectivity index (χ0) is 20.0. The van der Waals surface area contributed by atoms with E-state index < -0.39 is 9.84 Å². The molecule has 1 fully saturated rings. The molecular weight excluding hydrogens is 404 g/mol. The standard InChI is InChI=1S/C21H22N4O2S2/c1-24-8-10-25(11-9-24)18-6-7-22-21-20(18)16-13-15(4-5-17(16)23-21)14-29(26,27)19-3-2-12-28-19/h2-7,12-13H,8-11,14H2,1H3,(H,22,23). The van der Waals surface area contributed by atoms with Crippen LogP contribution in [0.5, 0.6) is 0 Å². The summed E-state index contributed by atoms with van der Waals surface area (Å²) in [6, 6.07) is 11.4. The number of hydrogen-bond acceptors (Lipinski definition) is 6. The highest BCUT2D eigenvalue weighted by Crippen LogP contribution is 2.34. The number of fused-ring (bicyclic) bond motifs is 3. The summed E-state index contributed by atoms with van der Waals surface area (Å²) >= 11 is 1.26. The van der Waals surface area contributed by atoms with E-state index in [1.165, 1.54) is 11.3 Å². The van der Waals surface area contributed by atoms with Gasteiger partial charge in [0.25, 0.3) is 0 Å². The molecule has 0 amide bonds. The van der Waals surface area contributed by atoms with Crippen molar-refractivity contribution in [2.75, 3.05) is 38.1 Å². The minimum absolute atomic E-state index is 0.000229. The highest BCUT2D eigenvalue weighted by atomic mass is 32.2. The molecule has 0 bridgehead atoms. The maximum absolute atomic E-state index is 12.7. The van der Waals surface area contributed by atoms with E-state index in [0.717, 1.165) is 59.4 Å². The van der Waals surface area contributed by atoms with E-state index in [4.69, 9.17) is 0 Å². The van der Waals surface area contributed by atoms with Gasteiger partial charge in [-0.25, -0.2) is 13.4 Å². The Morgan fingerprint density at radius 2 is 1.97 bits per heavy atom.